The molecule has 1 heterocycles. The standard InChI is InChI=1S/C17H23N3O4S/c21-16-12-20(10-9-18-16)25(23,24)15-7-5-14(6-8-15)17(22)19-11-13-3-1-2-4-13/h5-8,13H,1-4,9-12H2,(H,18,21)(H,19,22). The molecule has 0 bridgehead atoms. The van der Waals surface area contributed by atoms with E-state index in [0.29, 0.717) is 24.6 Å². The second kappa shape index (κ2) is 7.53. The van der Waals surface area contributed by atoms with E-state index in [0.717, 1.165) is 17.1 Å². The average molecular weight is 365 g/mol. The summed E-state index contributed by atoms with van der Waals surface area (Å²) >= 11 is 0. The van der Waals surface area contributed by atoms with Gasteiger partial charge in [0.25, 0.3) is 5.91 Å². The average Bonchev–Trinajstić information content (AvgIpc) is 3.13. The van der Waals surface area contributed by atoms with Gasteiger partial charge in [-0.2, -0.15) is 4.31 Å². The predicted octanol–water partition coefficient (Wildman–Crippen LogP) is 0.727. The van der Waals surface area contributed by atoms with Crippen LogP contribution in [0, 0.1) is 5.92 Å². The Morgan fingerprint density at radius 2 is 1.88 bits per heavy atom. The Morgan fingerprint density at radius 3 is 2.52 bits per heavy atom. The topological polar surface area (TPSA) is 95.6 Å². The van der Waals surface area contributed by atoms with Gasteiger partial charge in [0.1, 0.15) is 0 Å². The van der Waals surface area contributed by atoms with E-state index in [9.17, 15) is 18.0 Å². The highest BCUT2D eigenvalue weighted by Crippen LogP contribution is 2.24. The number of carbonyl (C=O) groups is 2. The SMILES string of the molecule is O=C1CN(S(=O)(=O)c2ccc(C(=O)NCC3CCCC3)cc2)CCN1. The Hall–Kier alpha value is -1.93. The fourth-order valence-corrected chi connectivity index (χ4v) is 4.70. The van der Waals surface area contributed by atoms with Crippen LogP contribution >= 0.6 is 0 Å². The van der Waals surface area contributed by atoms with Crippen molar-refractivity contribution in [3.8, 4) is 0 Å². The molecule has 3 rings (SSSR count). The molecule has 1 aromatic rings. The molecule has 2 aliphatic rings. The predicted molar refractivity (Wildman–Crippen MR) is 92.5 cm³/mol. The zero-order valence-electron chi connectivity index (χ0n) is 14.0. The summed E-state index contributed by atoms with van der Waals surface area (Å²) in [6.45, 7) is 1.05. The van der Waals surface area contributed by atoms with Gasteiger partial charge >= 0.3 is 0 Å². The number of hydrogen-bond donors (Lipinski definition) is 2. The highest BCUT2D eigenvalue weighted by molar-refractivity contribution is 7.89. The van der Waals surface area contributed by atoms with Gasteiger partial charge in [-0.05, 0) is 43.0 Å². The highest BCUT2D eigenvalue weighted by atomic mass is 32.2. The number of benzene rings is 1. The molecule has 2 fully saturated rings. The van der Waals surface area contributed by atoms with Crippen LogP contribution in [0.15, 0.2) is 29.2 Å². The number of nitrogens with one attached hydrogen (secondary N) is 2. The van der Waals surface area contributed by atoms with Crippen LogP contribution in [-0.2, 0) is 14.8 Å². The van der Waals surface area contributed by atoms with E-state index in [1.165, 1.54) is 37.1 Å². The molecule has 8 heteroatoms. The molecule has 1 saturated heterocycles. The maximum Gasteiger partial charge on any atom is 0.251 e. The first-order valence-electron chi connectivity index (χ1n) is 8.62. The molecule has 0 atom stereocenters. The van der Waals surface area contributed by atoms with Gasteiger partial charge in [-0.1, -0.05) is 12.8 Å². The van der Waals surface area contributed by atoms with E-state index in [1.54, 1.807) is 0 Å². The van der Waals surface area contributed by atoms with Crippen molar-refractivity contribution >= 4 is 21.8 Å². The largest absolute Gasteiger partial charge is 0.354 e. The quantitative estimate of drug-likeness (QED) is 0.804. The van der Waals surface area contributed by atoms with Crippen molar-refractivity contribution in [3.05, 3.63) is 29.8 Å². The Morgan fingerprint density at radius 1 is 1.20 bits per heavy atom. The summed E-state index contributed by atoms with van der Waals surface area (Å²) < 4.78 is 26.3. The molecule has 1 aromatic carbocycles. The zero-order valence-corrected chi connectivity index (χ0v) is 14.8. The number of carbonyl (C=O) groups excluding carboxylic acids is 2. The van der Waals surface area contributed by atoms with Crippen LogP contribution in [0.5, 0.6) is 0 Å². The fourth-order valence-electron chi connectivity index (χ4n) is 3.30. The third-order valence-corrected chi connectivity index (χ3v) is 6.64. The normalized spacial score (nSPS) is 19.6. The van der Waals surface area contributed by atoms with Crippen LogP contribution in [0.4, 0.5) is 0 Å². The molecule has 136 valence electrons. The van der Waals surface area contributed by atoms with Crippen molar-refractivity contribution in [1.82, 2.24) is 14.9 Å². The van der Waals surface area contributed by atoms with E-state index in [2.05, 4.69) is 10.6 Å². The van der Waals surface area contributed by atoms with Crippen LogP contribution in [0.3, 0.4) is 0 Å². The van der Waals surface area contributed by atoms with Gasteiger partial charge in [0.15, 0.2) is 0 Å². The van der Waals surface area contributed by atoms with E-state index in [-0.39, 0.29) is 29.8 Å². The number of sulfonamides is 1. The van der Waals surface area contributed by atoms with Crippen molar-refractivity contribution in [3.63, 3.8) is 0 Å². The summed E-state index contributed by atoms with van der Waals surface area (Å²) in [7, 11) is -3.72. The maximum absolute atomic E-state index is 12.6. The number of rotatable bonds is 5. The number of amides is 2. The molecule has 2 N–H and O–H groups in total. The molecule has 0 aromatic heterocycles. The monoisotopic (exact) mass is 365 g/mol. The van der Waals surface area contributed by atoms with Crippen molar-refractivity contribution < 1.29 is 18.0 Å². The smallest absolute Gasteiger partial charge is 0.251 e. The van der Waals surface area contributed by atoms with Crippen LogP contribution in [0.1, 0.15) is 36.0 Å². The third-order valence-electron chi connectivity index (χ3n) is 4.78. The van der Waals surface area contributed by atoms with E-state index < -0.39 is 10.0 Å². The Bertz CT molecular complexity index is 740. The number of nitrogens with zero attached hydrogens (tertiary/aromatic N) is 1. The Labute approximate surface area is 147 Å². The lowest BCUT2D eigenvalue weighted by molar-refractivity contribution is -0.122. The molecule has 0 radical (unpaired) electrons. The molecule has 1 saturated carbocycles. The van der Waals surface area contributed by atoms with Gasteiger partial charge in [-0.25, -0.2) is 8.42 Å². The van der Waals surface area contributed by atoms with Crippen molar-refractivity contribution in [2.24, 2.45) is 5.92 Å². The Balaban J connectivity index is 1.64. The molecule has 0 unspecified atom stereocenters. The second-order valence-electron chi connectivity index (χ2n) is 6.57. The minimum atomic E-state index is -3.72. The van der Waals surface area contributed by atoms with Crippen molar-refractivity contribution in [2.45, 2.75) is 30.6 Å². The zero-order chi connectivity index (χ0) is 17.9. The third kappa shape index (κ3) is 4.19. The van der Waals surface area contributed by atoms with Gasteiger partial charge in [0.05, 0.1) is 11.4 Å². The lowest BCUT2D eigenvalue weighted by Gasteiger charge is -2.25. The van der Waals surface area contributed by atoms with Gasteiger partial charge in [-0.15, -0.1) is 0 Å². The summed E-state index contributed by atoms with van der Waals surface area (Å²) in [6.07, 6.45) is 4.75. The van der Waals surface area contributed by atoms with Crippen LogP contribution in [0.2, 0.25) is 0 Å². The van der Waals surface area contributed by atoms with Crippen LogP contribution in [0.25, 0.3) is 0 Å². The summed E-state index contributed by atoms with van der Waals surface area (Å²) in [5, 5.41) is 5.52. The van der Waals surface area contributed by atoms with Crippen LogP contribution in [-0.4, -0.2) is 50.7 Å². The first-order valence-corrected chi connectivity index (χ1v) is 10.1. The fraction of sp³-hybridized carbons (Fsp3) is 0.529. The highest BCUT2D eigenvalue weighted by Gasteiger charge is 2.29. The minimum absolute atomic E-state index is 0.0922. The number of piperazine rings is 1. The molecular weight excluding hydrogens is 342 g/mol. The lowest BCUT2D eigenvalue weighted by atomic mass is 10.1. The van der Waals surface area contributed by atoms with Crippen LogP contribution < -0.4 is 10.6 Å². The first kappa shape index (κ1) is 17.9. The van der Waals surface area contributed by atoms with E-state index >= 15 is 0 Å². The second-order valence-corrected chi connectivity index (χ2v) is 8.51. The molecule has 0 spiro atoms. The summed E-state index contributed by atoms with van der Waals surface area (Å²) in [5.74, 6) is 0.0554. The minimum Gasteiger partial charge on any atom is -0.354 e. The van der Waals surface area contributed by atoms with Gasteiger partial charge < -0.3 is 10.6 Å². The lowest BCUT2D eigenvalue weighted by Crippen LogP contribution is -2.49. The summed E-state index contributed by atoms with van der Waals surface area (Å²) in [5.41, 5.74) is 0.438. The molecule has 25 heavy (non-hydrogen) atoms. The van der Waals surface area contributed by atoms with Gasteiger partial charge in [-0.3, -0.25) is 9.59 Å². The number of hydrogen-bond acceptors (Lipinski definition) is 4. The van der Waals surface area contributed by atoms with Gasteiger partial charge in [0.2, 0.25) is 15.9 Å². The maximum atomic E-state index is 12.6. The molecular formula is C17H23N3O4S. The molecule has 1 aliphatic carbocycles. The first-order chi connectivity index (χ1) is 12.0. The molecule has 7 nitrogen and oxygen atoms in total. The summed E-state index contributed by atoms with van der Waals surface area (Å²) in [4.78, 5) is 23.7. The van der Waals surface area contributed by atoms with Crippen molar-refractivity contribution in [1.29, 1.82) is 0 Å². The van der Waals surface area contributed by atoms with Gasteiger partial charge in [0, 0.05) is 25.2 Å². The molecule has 2 amide bonds. The van der Waals surface area contributed by atoms with E-state index in [4.69, 9.17) is 0 Å². The summed E-state index contributed by atoms with van der Waals surface area (Å²) in [6, 6.07) is 5.88. The van der Waals surface area contributed by atoms with E-state index in [1.807, 2.05) is 0 Å². The van der Waals surface area contributed by atoms with Crippen molar-refractivity contribution in [2.75, 3.05) is 26.2 Å². The Kier molecular flexibility index (Phi) is 5.39. The molecule has 1 aliphatic heterocycles.